The highest BCUT2D eigenvalue weighted by Gasteiger charge is 2.25. The third kappa shape index (κ3) is 5.84. The van der Waals surface area contributed by atoms with Gasteiger partial charge in [0.05, 0.1) is 5.56 Å². The molecule has 3 N–H and O–H groups in total. The van der Waals surface area contributed by atoms with Crippen molar-refractivity contribution < 1.29 is 19.5 Å². The maximum atomic E-state index is 12.5. The van der Waals surface area contributed by atoms with E-state index in [4.69, 9.17) is 0 Å². The quantitative estimate of drug-likeness (QED) is 0.526. The van der Waals surface area contributed by atoms with Crippen LogP contribution < -0.4 is 10.6 Å². The molecule has 1 saturated heterocycles. The van der Waals surface area contributed by atoms with Crippen molar-refractivity contribution >= 4 is 23.4 Å². The average Bonchev–Trinajstić information content (AvgIpc) is 2.63. The Labute approximate surface area is 159 Å². The SMILES string of the molecule is C=CC(=O)Nc1ccc(O)c(C(=O)NC2CCN(C(=O)CC(C)C)CC2)c1. The molecule has 1 heterocycles. The number of carbonyl (C=O) groups excluding carboxylic acids is 3. The van der Waals surface area contributed by atoms with Gasteiger partial charge in [-0.1, -0.05) is 20.4 Å². The van der Waals surface area contributed by atoms with Crippen LogP contribution in [0.4, 0.5) is 5.69 Å². The second-order valence-electron chi connectivity index (χ2n) is 7.15. The first-order valence-corrected chi connectivity index (χ1v) is 9.15. The molecule has 1 aromatic rings. The molecule has 1 aromatic carbocycles. The van der Waals surface area contributed by atoms with Crippen molar-refractivity contribution in [3.05, 3.63) is 36.4 Å². The Hall–Kier alpha value is -2.83. The van der Waals surface area contributed by atoms with Gasteiger partial charge in [0.15, 0.2) is 0 Å². The average molecular weight is 373 g/mol. The standard InChI is InChI=1S/C20H27N3O4/c1-4-18(25)21-15-5-6-17(24)16(12-15)20(27)22-14-7-9-23(10-8-14)19(26)11-13(2)3/h4-6,12-14,24H,1,7-11H2,2-3H3,(H,21,25)(H,22,27). The van der Waals surface area contributed by atoms with Gasteiger partial charge in [-0.15, -0.1) is 0 Å². The summed E-state index contributed by atoms with van der Waals surface area (Å²) in [7, 11) is 0. The first kappa shape index (κ1) is 20.5. The minimum absolute atomic E-state index is 0.0635. The van der Waals surface area contributed by atoms with Crippen LogP contribution in [-0.4, -0.2) is 46.9 Å². The zero-order valence-electron chi connectivity index (χ0n) is 15.8. The molecule has 0 saturated carbocycles. The summed E-state index contributed by atoms with van der Waals surface area (Å²) >= 11 is 0. The molecule has 0 spiro atoms. The van der Waals surface area contributed by atoms with Crippen molar-refractivity contribution in [2.45, 2.75) is 39.2 Å². The molecule has 27 heavy (non-hydrogen) atoms. The van der Waals surface area contributed by atoms with Crippen molar-refractivity contribution in [1.82, 2.24) is 10.2 Å². The third-order valence-corrected chi connectivity index (χ3v) is 4.46. The Balaban J connectivity index is 1.94. The smallest absolute Gasteiger partial charge is 0.255 e. The van der Waals surface area contributed by atoms with Gasteiger partial charge in [0.2, 0.25) is 11.8 Å². The highest BCUT2D eigenvalue weighted by Crippen LogP contribution is 2.22. The molecule has 3 amide bonds. The zero-order chi connectivity index (χ0) is 20.0. The number of likely N-dealkylation sites (tertiary alicyclic amines) is 1. The summed E-state index contributed by atoms with van der Waals surface area (Å²) < 4.78 is 0. The number of hydrogen-bond donors (Lipinski definition) is 3. The topological polar surface area (TPSA) is 98.7 Å². The maximum absolute atomic E-state index is 12.5. The van der Waals surface area contributed by atoms with Crippen LogP contribution in [0.25, 0.3) is 0 Å². The van der Waals surface area contributed by atoms with E-state index in [2.05, 4.69) is 17.2 Å². The Morgan fingerprint density at radius 1 is 1.30 bits per heavy atom. The van der Waals surface area contributed by atoms with Crippen molar-refractivity contribution in [3.63, 3.8) is 0 Å². The number of rotatable bonds is 6. The second-order valence-corrected chi connectivity index (χ2v) is 7.15. The van der Waals surface area contributed by atoms with Crippen molar-refractivity contribution in [2.75, 3.05) is 18.4 Å². The fourth-order valence-electron chi connectivity index (χ4n) is 3.00. The summed E-state index contributed by atoms with van der Waals surface area (Å²) in [4.78, 5) is 37.9. The highest BCUT2D eigenvalue weighted by molar-refractivity contribution is 6.02. The number of anilines is 1. The van der Waals surface area contributed by atoms with E-state index < -0.39 is 11.8 Å². The molecule has 0 aliphatic carbocycles. The van der Waals surface area contributed by atoms with Crippen LogP contribution >= 0.6 is 0 Å². The number of benzene rings is 1. The fraction of sp³-hybridized carbons (Fsp3) is 0.450. The van der Waals surface area contributed by atoms with Crippen LogP contribution in [0.3, 0.4) is 0 Å². The summed E-state index contributed by atoms with van der Waals surface area (Å²) in [5.41, 5.74) is 0.493. The van der Waals surface area contributed by atoms with E-state index in [1.54, 1.807) is 0 Å². The predicted octanol–water partition coefficient (Wildman–Crippen LogP) is 2.28. The molecule has 0 aromatic heterocycles. The maximum Gasteiger partial charge on any atom is 0.255 e. The molecule has 1 fully saturated rings. The van der Waals surface area contributed by atoms with E-state index in [-0.39, 0.29) is 23.3 Å². The lowest BCUT2D eigenvalue weighted by atomic mass is 10.0. The number of nitrogens with zero attached hydrogens (tertiary/aromatic N) is 1. The number of phenols is 1. The summed E-state index contributed by atoms with van der Waals surface area (Å²) in [5, 5.41) is 15.4. The minimum Gasteiger partial charge on any atom is -0.507 e. The molecule has 7 nitrogen and oxygen atoms in total. The number of phenolic OH excluding ortho intramolecular Hbond substituents is 1. The summed E-state index contributed by atoms with van der Waals surface area (Å²) in [6, 6.07) is 4.23. The Bertz CT molecular complexity index is 722. The van der Waals surface area contributed by atoms with E-state index in [0.29, 0.717) is 44.0 Å². The van der Waals surface area contributed by atoms with Gasteiger partial charge >= 0.3 is 0 Å². The molecule has 146 valence electrons. The molecular weight excluding hydrogens is 346 g/mol. The van der Waals surface area contributed by atoms with Crippen molar-refractivity contribution in [1.29, 1.82) is 0 Å². The van der Waals surface area contributed by atoms with E-state index >= 15 is 0 Å². The second kappa shape index (κ2) is 9.21. The van der Waals surface area contributed by atoms with Gasteiger partial charge < -0.3 is 20.6 Å². The van der Waals surface area contributed by atoms with Gasteiger partial charge in [0.1, 0.15) is 5.75 Å². The van der Waals surface area contributed by atoms with Gasteiger partial charge in [-0.2, -0.15) is 0 Å². The minimum atomic E-state index is -0.408. The van der Waals surface area contributed by atoms with Crippen LogP contribution in [0, 0.1) is 5.92 Å². The number of aromatic hydroxyl groups is 1. The van der Waals surface area contributed by atoms with Crippen molar-refractivity contribution in [2.24, 2.45) is 5.92 Å². The first-order valence-electron chi connectivity index (χ1n) is 9.15. The predicted molar refractivity (Wildman–Crippen MR) is 103 cm³/mol. The van der Waals surface area contributed by atoms with E-state index in [9.17, 15) is 19.5 Å². The van der Waals surface area contributed by atoms with E-state index in [1.807, 2.05) is 18.7 Å². The van der Waals surface area contributed by atoms with E-state index in [0.717, 1.165) is 6.08 Å². The molecule has 0 bridgehead atoms. The van der Waals surface area contributed by atoms with Crippen LogP contribution in [0.2, 0.25) is 0 Å². The number of carbonyl (C=O) groups is 3. The Morgan fingerprint density at radius 2 is 1.96 bits per heavy atom. The summed E-state index contributed by atoms with van der Waals surface area (Å²) in [6.07, 6.45) is 3.00. The molecule has 2 rings (SSSR count). The van der Waals surface area contributed by atoms with Gasteiger partial charge in [0, 0.05) is 31.2 Å². The molecule has 0 atom stereocenters. The fourth-order valence-corrected chi connectivity index (χ4v) is 3.00. The molecule has 1 aliphatic heterocycles. The number of amides is 3. The molecule has 1 aliphatic rings. The Kier molecular flexibility index (Phi) is 6.98. The monoisotopic (exact) mass is 373 g/mol. The zero-order valence-corrected chi connectivity index (χ0v) is 15.8. The van der Waals surface area contributed by atoms with Crippen molar-refractivity contribution in [3.8, 4) is 5.75 Å². The van der Waals surface area contributed by atoms with Crippen LogP contribution in [0.1, 0.15) is 43.5 Å². The van der Waals surface area contributed by atoms with Gasteiger partial charge in [0.25, 0.3) is 5.91 Å². The van der Waals surface area contributed by atoms with Crippen LogP contribution in [0.5, 0.6) is 5.75 Å². The lowest BCUT2D eigenvalue weighted by Gasteiger charge is -2.33. The number of piperidine rings is 1. The van der Waals surface area contributed by atoms with Gasteiger partial charge in [-0.3, -0.25) is 14.4 Å². The largest absolute Gasteiger partial charge is 0.507 e. The normalized spacial score (nSPS) is 14.7. The molecule has 7 heteroatoms. The first-order chi connectivity index (χ1) is 12.8. The lowest BCUT2D eigenvalue weighted by Crippen LogP contribution is -2.46. The summed E-state index contributed by atoms with van der Waals surface area (Å²) in [5.74, 6) is -0.488. The molecule has 0 radical (unpaired) electrons. The molecular formula is C20H27N3O4. The Morgan fingerprint density at radius 3 is 2.56 bits per heavy atom. The summed E-state index contributed by atoms with van der Waals surface area (Å²) in [6.45, 7) is 8.63. The van der Waals surface area contributed by atoms with E-state index in [1.165, 1.54) is 18.2 Å². The van der Waals surface area contributed by atoms with Crippen LogP contribution in [-0.2, 0) is 9.59 Å². The number of hydrogen-bond acceptors (Lipinski definition) is 4. The van der Waals surface area contributed by atoms with Gasteiger partial charge in [-0.05, 0) is 43.0 Å². The number of nitrogens with one attached hydrogen (secondary N) is 2. The van der Waals surface area contributed by atoms with Gasteiger partial charge in [-0.25, -0.2) is 0 Å². The third-order valence-electron chi connectivity index (χ3n) is 4.46. The highest BCUT2D eigenvalue weighted by atomic mass is 16.3. The lowest BCUT2D eigenvalue weighted by molar-refractivity contribution is -0.133. The van der Waals surface area contributed by atoms with Crippen LogP contribution in [0.15, 0.2) is 30.9 Å². The molecule has 0 unspecified atom stereocenters.